The van der Waals surface area contributed by atoms with Gasteiger partial charge in [0.25, 0.3) is 5.91 Å². The summed E-state index contributed by atoms with van der Waals surface area (Å²) in [6, 6.07) is 15.8. The van der Waals surface area contributed by atoms with Crippen LogP contribution in [0.5, 0.6) is 0 Å². The van der Waals surface area contributed by atoms with Crippen LogP contribution in [0, 0.1) is 13.8 Å². The van der Waals surface area contributed by atoms with Gasteiger partial charge in [0.05, 0.1) is 0 Å². The zero-order valence-corrected chi connectivity index (χ0v) is 13.2. The van der Waals surface area contributed by atoms with Crippen LogP contribution in [0.1, 0.15) is 27.0 Å². The highest BCUT2D eigenvalue weighted by Gasteiger charge is 2.18. The molecule has 0 aliphatic carbocycles. The van der Waals surface area contributed by atoms with E-state index in [1.54, 1.807) is 0 Å². The van der Waals surface area contributed by atoms with Gasteiger partial charge in [-0.3, -0.25) is 4.79 Å². The summed E-state index contributed by atoms with van der Waals surface area (Å²) in [5.74, 6) is 0.476. The molecule has 0 N–H and O–H groups in total. The standard InChI is InChI=1S/C18H20ClNO/c1-14-7-6-10-17(15(14)2)18(21)20(12-11-19)13-16-8-4-3-5-9-16/h3-10H,11-13H2,1-2H3. The van der Waals surface area contributed by atoms with Gasteiger partial charge in [0, 0.05) is 24.5 Å². The molecule has 1 amide bonds. The molecule has 0 atom stereocenters. The molecule has 21 heavy (non-hydrogen) atoms. The van der Waals surface area contributed by atoms with E-state index in [1.165, 1.54) is 0 Å². The molecule has 0 saturated carbocycles. The maximum absolute atomic E-state index is 12.8. The lowest BCUT2D eigenvalue weighted by molar-refractivity contribution is 0.0753. The van der Waals surface area contributed by atoms with E-state index in [1.807, 2.05) is 67.3 Å². The minimum atomic E-state index is 0.0423. The van der Waals surface area contributed by atoms with Gasteiger partial charge in [-0.2, -0.15) is 0 Å². The molecule has 2 nitrogen and oxygen atoms in total. The van der Waals surface area contributed by atoms with Gasteiger partial charge in [0.1, 0.15) is 0 Å². The lowest BCUT2D eigenvalue weighted by Gasteiger charge is -2.23. The van der Waals surface area contributed by atoms with Gasteiger partial charge in [0.15, 0.2) is 0 Å². The Labute approximate surface area is 131 Å². The molecule has 110 valence electrons. The number of carbonyl (C=O) groups excluding carboxylic acids is 1. The van der Waals surface area contributed by atoms with Crippen molar-refractivity contribution in [1.82, 2.24) is 4.90 Å². The number of amides is 1. The molecule has 0 unspecified atom stereocenters. The van der Waals surface area contributed by atoms with Crippen molar-refractivity contribution in [1.29, 1.82) is 0 Å². The third-order valence-corrected chi connectivity index (χ3v) is 3.86. The molecule has 0 bridgehead atoms. The number of halogens is 1. The normalized spacial score (nSPS) is 10.4. The predicted octanol–water partition coefficient (Wildman–Crippen LogP) is 4.18. The van der Waals surface area contributed by atoms with Gasteiger partial charge in [-0.25, -0.2) is 0 Å². The molecule has 0 radical (unpaired) electrons. The number of aryl methyl sites for hydroxylation is 1. The van der Waals surface area contributed by atoms with Crippen molar-refractivity contribution >= 4 is 17.5 Å². The predicted molar refractivity (Wildman–Crippen MR) is 87.8 cm³/mol. The van der Waals surface area contributed by atoms with Crippen molar-refractivity contribution < 1.29 is 4.79 Å². The quantitative estimate of drug-likeness (QED) is 0.759. The third-order valence-electron chi connectivity index (χ3n) is 3.69. The van der Waals surface area contributed by atoms with Crippen LogP contribution in [0.15, 0.2) is 48.5 Å². The number of carbonyl (C=O) groups is 1. The second kappa shape index (κ2) is 7.28. The molecule has 3 heteroatoms. The molecule has 2 rings (SSSR count). The Kier molecular flexibility index (Phi) is 5.40. The van der Waals surface area contributed by atoms with Crippen LogP contribution in [0.3, 0.4) is 0 Å². The van der Waals surface area contributed by atoms with Crippen molar-refractivity contribution in [3.05, 3.63) is 70.8 Å². The van der Waals surface area contributed by atoms with Crippen molar-refractivity contribution in [2.24, 2.45) is 0 Å². The van der Waals surface area contributed by atoms with E-state index in [-0.39, 0.29) is 5.91 Å². The summed E-state index contributed by atoms with van der Waals surface area (Å²) in [7, 11) is 0. The summed E-state index contributed by atoms with van der Waals surface area (Å²) in [6.07, 6.45) is 0. The average Bonchev–Trinajstić information content (AvgIpc) is 2.50. The largest absolute Gasteiger partial charge is 0.333 e. The van der Waals surface area contributed by atoms with Crippen LogP contribution in [0.2, 0.25) is 0 Å². The number of hydrogen-bond donors (Lipinski definition) is 0. The van der Waals surface area contributed by atoms with E-state index in [4.69, 9.17) is 11.6 Å². The molecule has 2 aromatic carbocycles. The highest BCUT2D eigenvalue weighted by atomic mass is 35.5. The smallest absolute Gasteiger partial charge is 0.254 e. The van der Waals surface area contributed by atoms with Gasteiger partial charge >= 0.3 is 0 Å². The first-order valence-corrected chi connectivity index (χ1v) is 7.62. The third kappa shape index (κ3) is 3.85. The Morgan fingerprint density at radius 3 is 2.43 bits per heavy atom. The van der Waals surface area contributed by atoms with E-state index >= 15 is 0 Å². The highest BCUT2D eigenvalue weighted by Crippen LogP contribution is 2.16. The van der Waals surface area contributed by atoms with E-state index in [2.05, 4.69) is 0 Å². The zero-order chi connectivity index (χ0) is 15.2. The first-order chi connectivity index (χ1) is 10.1. The van der Waals surface area contributed by atoms with Crippen molar-refractivity contribution in [3.63, 3.8) is 0 Å². The van der Waals surface area contributed by atoms with Crippen LogP contribution < -0.4 is 0 Å². The first kappa shape index (κ1) is 15.6. The SMILES string of the molecule is Cc1cccc(C(=O)N(CCCl)Cc2ccccc2)c1C. The Morgan fingerprint density at radius 1 is 1.05 bits per heavy atom. The molecule has 0 aromatic heterocycles. The fraction of sp³-hybridized carbons (Fsp3) is 0.278. The Balaban J connectivity index is 2.25. The second-order valence-corrected chi connectivity index (χ2v) is 5.53. The van der Waals surface area contributed by atoms with E-state index in [0.29, 0.717) is 19.0 Å². The average molecular weight is 302 g/mol. The number of alkyl halides is 1. The van der Waals surface area contributed by atoms with Gasteiger partial charge in [0.2, 0.25) is 0 Å². The van der Waals surface area contributed by atoms with Gasteiger partial charge in [-0.05, 0) is 36.6 Å². The van der Waals surface area contributed by atoms with Gasteiger partial charge in [-0.1, -0.05) is 42.5 Å². The molecule has 0 saturated heterocycles. The topological polar surface area (TPSA) is 20.3 Å². The van der Waals surface area contributed by atoms with Crippen molar-refractivity contribution in [2.75, 3.05) is 12.4 Å². The van der Waals surface area contributed by atoms with Crippen LogP contribution in [0.4, 0.5) is 0 Å². The Morgan fingerprint density at radius 2 is 1.76 bits per heavy atom. The van der Waals surface area contributed by atoms with E-state index < -0.39 is 0 Å². The molecule has 0 aliphatic rings. The lowest BCUT2D eigenvalue weighted by Crippen LogP contribution is -2.32. The number of rotatable bonds is 5. The summed E-state index contributed by atoms with van der Waals surface area (Å²) >= 11 is 5.87. The number of hydrogen-bond acceptors (Lipinski definition) is 1. The van der Waals surface area contributed by atoms with E-state index in [0.717, 1.165) is 22.3 Å². The monoisotopic (exact) mass is 301 g/mol. The maximum Gasteiger partial charge on any atom is 0.254 e. The van der Waals surface area contributed by atoms with Gasteiger partial charge < -0.3 is 4.90 Å². The Hall–Kier alpha value is -1.80. The van der Waals surface area contributed by atoms with Crippen molar-refractivity contribution in [2.45, 2.75) is 20.4 Å². The molecule has 0 fully saturated rings. The summed E-state index contributed by atoms with van der Waals surface area (Å²) in [6.45, 7) is 5.14. The highest BCUT2D eigenvalue weighted by molar-refractivity contribution is 6.18. The molecule has 0 heterocycles. The van der Waals surface area contributed by atoms with Crippen LogP contribution in [0.25, 0.3) is 0 Å². The van der Waals surface area contributed by atoms with Gasteiger partial charge in [-0.15, -0.1) is 11.6 Å². The maximum atomic E-state index is 12.8. The lowest BCUT2D eigenvalue weighted by atomic mass is 10.0. The first-order valence-electron chi connectivity index (χ1n) is 7.09. The summed E-state index contributed by atoms with van der Waals surface area (Å²) in [4.78, 5) is 14.6. The summed E-state index contributed by atoms with van der Waals surface area (Å²) in [5, 5.41) is 0. The van der Waals surface area contributed by atoms with Crippen LogP contribution >= 0.6 is 11.6 Å². The van der Waals surface area contributed by atoms with Crippen LogP contribution in [-0.4, -0.2) is 23.2 Å². The fourth-order valence-electron chi connectivity index (χ4n) is 2.31. The Bertz CT molecular complexity index is 610. The molecule has 0 aliphatic heterocycles. The minimum Gasteiger partial charge on any atom is -0.333 e. The van der Waals surface area contributed by atoms with Crippen molar-refractivity contribution in [3.8, 4) is 0 Å². The van der Waals surface area contributed by atoms with Crippen LogP contribution in [-0.2, 0) is 6.54 Å². The number of benzene rings is 2. The van der Waals surface area contributed by atoms with E-state index in [9.17, 15) is 4.79 Å². The zero-order valence-electron chi connectivity index (χ0n) is 12.5. The molecular weight excluding hydrogens is 282 g/mol. The summed E-state index contributed by atoms with van der Waals surface area (Å²) in [5.41, 5.74) is 4.04. The minimum absolute atomic E-state index is 0.0423. The second-order valence-electron chi connectivity index (χ2n) is 5.15. The summed E-state index contributed by atoms with van der Waals surface area (Å²) < 4.78 is 0. The molecule has 2 aromatic rings. The fourth-order valence-corrected chi connectivity index (χ4v) is 2.52. The molecular formula is C18H20ClNO. The molecule has 0 spiro atoms. The number of nitrogens with zero attached hydrogens (tertiary/aromatic N) is 1.